The maximum atomic E-state index is 11.5. The predicted molar refractivity (Wildman–Crippen MR) is 63.1 cm³/mol. The van der Waals surface area contributed by atoms with Crippen LogP contribution in [0.2, 0.25) is 0 Å². The minimum Gasteiger partial charge on any atom is -0.399 e. The number of aromatic amines is 1. The summed E-state index contributed by atoms with van der Waals surface area (Å²) in [6, 6.07) is 6.62. The first-order valence-corrected chi connectivity index (χ1v) is 4.98. The molecule has 1 heterocycles. The van der Waals surface area contributed by atoms with Gasteiger partial charge in [0, 0.05) is 11.4 Å². The molecule has 7 nitrogen and oxygen atoms in total. The molecule has 2 rings (SSSR count). The van der Waals surface area contributed by atoms with E-state index in [4.69, 9.17) is 5.73 Å². The number of benzene rings is 1. The lowest BCUT2D eigenvalue weighted by molar-refractivity contribution is 0.251. The highest BCUT2D eigenvalue weighted by Crippen LogP contribution is 2.11. The number of anilines is 2. The van der Waals surface area contributed by atoms with Crippen LogP contribution in [-0.2, 0) is 6.54 Å². The molecule has 17 heavy (non-hydrogen) atoms. The summed E-state index contributed by atoms with van der Waals surface area (Å²) in [6.45, 7) is 0.286. The van der Waals surface area contributed by atoms with Crippen LogP contribution in [0, 0.1) is 0 Å². The Morgan fingerprint density at radius 3 is 3.06 bits per heavy atom. The number of rotatable bonds is 3. The van der Waals surface area contributed by atoms with E-state index in [1.165, 1.54) is 6.33 Å². The molecule has 1 aromatic carbocycles. The zero-order valence-corrected chi connectivity index (χ0v) is 8.97. The van der Waals surface area contributed by atoms with E-state index in [0.29, 0.717) is 17.2 Å². The minimum absolute atomic E-state index is 0.286. The van der Waals surface area contributed by atoms with Crippen LogP contribution >= 0.6 is 0 Å². The quantitative estimate of drug-likeness (QED) is 0.584. The lowest BCUT2D eigenvalue weighted by atomic mass is 10.3. The van der Waals surface area contributed by atoms with Crippen molar-refractivity contribution in [2.75, 3.05) is 11.1 Å². The minimum atomic E-state index is -0.327. The van der Waals surface area contributed by atoms with E-state index in [1.807, 2.05) is 0 Å². The van der Waals surface area contributed by atoms with Crippen molar-refractivity contribution < 1.29 is 4.79 Å². The number of hydrogen-bond donors (Lipinski definition) is 4. The highest BCUT2D eigenvalue weighted by atomic mass is 16.2. The highest BCUT2D eigenvalue weighted by Gasteiger charge is 2.02. The highest BCUT2D eigenvalue weighted by molar-refractivity contribution is 5.89. The van der Waals surface area contributed by atoms with Gasteiger partial charge in [-0.2, -0.15) is 5.10 Å². The monoisotopic (exact) mass is 232 g/mol. The molecule has 0 atom stereocenters. The average molecular weight is 232 g/mol. The maximum absolute atomic E-state index is 11.5. The van der Waals surface area contributed by atoms with Gasteiger partial charge < -0.3 is 16.4 Å². The molecule has 0 unspecified atom stereocenters. The Bertz CT molecular complexity index is 495. The number of amides is 2. The third-order valence-corrected chi connectivity index (χ3v) is 2.03. The zero-order valence-electron chi connectivity index (χ0n) is 8.97. The van der Waals surface area contributed by atoms with Gasteiger partial charge >= 0.3 is 6.03 Å². The summed E-state index contributed by atoms with van der Waals surface area (Å²) >= 11 is 0. The van der Waals surface area contributed by atoms with E-state index < -0.39 is 0 Å². The van der Waals surface area contributed by atoms with Crippen molar-refractivity contribution in [2.45, 2.75) is 6.54 Å². The molecular weight excluding hydrogens is 220 g/mol. The third kappa shape index (κ3) is 3.20. The first-order chi connectivity index (χ1) is 8.24. The van der Waals surface area contributed by atoms with Crippen molar-refractivity contribution in [2.24, 2.45) is 0 Å². The fraction of sp³-hybridized carbons (Fsp3) is 0.100. The first kappa shape index (κ1) is 10.9. The van der Waals surface area contributed by atoms with Gasteiger partial charge in [-0.3, -0.25) is 5.10 Å². The lowest BCUT2D eigenvalue weighted by Crippen LogP contribution is -2.28. The second-order valence-electron chi connectivity index (χ2n) is 3.37. The number of H-pyrrole nitrogens is 1. The van der Waals surface area contributed by atoms with Crippen LogP contribution < -0.4 is 16.4 Å². The Hall–Kier alpha value is -2.57. The standard InChI is InChI=1S/C10H12N6O/c11-7-2-1-3-8(4-7)15-10(17)12-5-9-13-6-14-16-9/h1-4,6H,5,11H2,(H2,12,15,17)(H,13,14,16). The topological polar surface area (TPSA) is 109 Å². The van der Waals surface area contributed by atoms with Crippen LogP contribution in [0.3, 0.4) is 0 Å². The summed E-state index contributed by atoms with van der Waals surface area (Å²) in [6.07, 6.45) is 1.38. The summed E-state index contributed by atoms with van der Waals surface area (Å²) < 4.78 is 0. The van der Waals surface area contributed by atoms with Crippen molar-refractivity contribution in [1.29, 1.82) is 0 Å². The molecule has 2 amide bonds. The van der Waals surface area contributed by atoms with Crippen LogP contribution in [0.15, 0.2) is 30.6 Å². The third-order valence-electron chi connectivity index (χ3n) is 2.03. The van der Waals surface area contributed by atoms with E-state index in [9.17, 15) is 4.79 Å². The average Bonchev–Trinajstić information content (AvgIpc) is 2.79. The van der Waals surface area contributed by atoms with Gasteiger partial charge in [-0.1, -0.05) is 6.07 Å². The van der Waals surface area contributed by atoms with E-state index >= 15 is 0 Å². The molecule has 0 radical (unpaired) electrons. The summed E-state index contributed by atoms with van der Waals surface area (Å²) in [7, 11) is 0. The number of hydrogen-bond acceptors (Lipinski definition) is 4. The summed E-state index contributed by atoms with van der Waals surface area (Å²) in [5, 5.41) is 11.6. The number of urea groups is 1. The van der Waals surface area contributed by atoms with Crippen molar-refractivity contribution in [3.05, 3.63) is 36.4 Å². The molecule has 0 fully saturated rings. The van der Waals surface area contributed by atoms with Crippen molar-refractivity contribution in [3.63, 3.8) is 0 Å². The molecule has 5 N–H and O–H groups in total. The SMILES string of the molecule is Nc1cccc(NC(=O)NCc2ncn[nH]2)c1. The van der Waals surface area contributed by atoms with Crippen LogP contribution in [0.25, 0.3) is 0 Å². The Labute approximate surface area is 97.4 Å². The molecular formula is C10H12N6O. The zero-order chi connectivity index (χ0) is 12.1. The van der Waals surface area contributed by atoms with E-state index in [-0.39, 0.29) is 12.6 Å². The number of aromatic nitrogens is 3. The van der Waals surface area contributed by atoms with Crippen LogP contribution in [0.5, 0.6) is 0 Å². The van der Waals surface area contributed by atoms with Crippen LogP contribution in [-0.4, -0.2) is 21.2 Å². The van der Waals surface area contributed by atoms with Crippen molar-refractivity contribution in [3.8, 4) is 0 Å². The Kier molecular flexibility index (Phi) is 3.20. The molecule has 0 spiro atoms. The largest absolute Gasteiger partial charge is 0.399 e. The Morgan fingerprint density at radius 2 is 2.35 bits per heavy atom. The predicted octanol–water partition coefficient (Wildman–Crippen LogP) is 0.709. The number of carbonyl (C=O) groups excluding carboxylic acids is 1. The molecule has 0 aliphatic carbocycles. The van der Waals surface area contributed by atoms with Gasteiger partial charge in [-0.05, 0) is 18.2 Å². The molecule has 0 aliphatic heterocycles. The van der Waals surface area contributed by atoms with Gasteiger partial charge in [-0.25, -0.2) is 9.78 Å². The fourth-order valence-electron chi connectivity index (χ4n) is 1.27. The molecule has 2 aromatic rings. The van der Waals surface area contributed by atoms with E-state index in [1.54, 1.807) is 24.3 Å². The smallest absolute Gasteiger partial charge is 0.319 e. The van der Waals surface area contributed by atoms with Crippen molar-refractivity contribution >= 4 is 17.4 Å². The summed E-state index contributed by atoms with van der Waals surface area (Å²) in [5.74, 6) is 0.590. The van der Waals surface area contributed by atoms with E-state index in [2.05, 4.69) is 25.8 Å². The van der Waals surface area contributed by atoms with Crippen LogP contribution in [0.1, 0.15) is 5.82 Å². The second kappa shape index (κ2) is 4.97. The Balaban J connectivity index is 1.85. The van der Waals surface area contributed by atoms with Crippen molar-refractivity contribution in [1.82, 2.24) is 20.5 Å². The number of carbonyl (C=O) groups is 1. The number of nitrogens with one attached hydrogen (secondary N) is 3. The number of nitrogens with zero attached hydrogens (tertiary/aromatic N) is 2. The second-order valence-corrected chi connectivity index (χ2v) is 3.37. The summed E-state index contributed by atoms with van der Waals surface area (Å²) in [4.78, 5) is 15.4. The van der Waals surface area contributed by atoms with Gasteiger partial charge in [0.25, 0.3) is 0 Å². The lowest BCUT2D eigenvalue weighted by Gasteiger charge is -2.06. The normalized spacial score (nSPS) is 9.88. The molecule has 7 heteroatoms. The van der Waals surface area contributed by atoms with Gasteiger partial charge in [0.2, 0.25) is 0 Å². The molecule has 1 aromatic heterocycles. The van der Waals surface area contributed by atoms with Gasteiger partial charge in [-0.15, -0.1) is 0 Å². The molecule has 0 saturated heterocycles. The van der Waals surface area contributed by atoms with Crippen LogP contribution in [0.4, 0.5) is 16.2 Å². The van der Waals surface area contributed by atoms with Gasteiger partial charge in [0.15, 0.2) is 0 Å². The Morgan fingerprint density at radius 1 is 1.47 bits per heavy atom. The number of nitrogens with two attached hydrogens (primary N) is 1. The van der Waals surface area contributed by atoms with Gasteiger partial charge in [0.1, 0.15) is 12.2 Å². The molecule has 88 valence electrons. The number of nitrogen functional groups attached to an aromatic ring is 1. The molecule has 0 aliphatic rings. The first-order valence-electron chi connectivity index (χ1n) is 4.98. The van der Waals surface area contributed by atoms with E-state index in [0.717, 1.165) is 0 Å². The summed E-state index contributed by atoms with van der Waals surface area (Å²) in [5.41, 5.74) is 6.82. The van der Waals surface area contributed by atoms with Gasteiger partial charge in [0.05, 0.1) is 6.54 Å². The molecule has 0 bridgehead atoms. The maximum Gasteiger partial charge on any atom is 0.319 e. The molecule has 0 saturated carbocycles. The fourth-order valence-corrected chi connectivity index (χ4v) is 1.27.